The van der Waals surface area contributed by atoms with Gasteiger partial charge in [-0.15, -0.1) is 0 Å². The molecule has 2 aliphatic heterocycles. The van der Waals surface area contributed by atoms with E-state index in [2.05, 4.69) is 4.90 Å². The number of aromatic nitrogens is 2. The molecule has 6 nitrogen and oxygen atoms in total. The van der Waals surface area contributed by atoms with Crippen LogP contribution in [-0.2, 0) is 11.3 Å². The monoisotopic (exact) mass is 460 g/mol. The van der Waals surface area contributed by atoms with Gasteiger partial charge in [-0.3, -0.25) is 0 Å². The van der Waals surface area contributed by atoms with E-state index in [-0.39, 0.29) is 12.4 Å². The van der Waals surface area contributed by atoms with Crippen molar-refractivity contribution in [2.24, 2.45) is 0 Å². The topological polar surface area (TPSA) is 50.6 Å². The first-order valence-corrected chi connectivity index (χ1v) is 11.8. The van der Waals surface area contributed by atoms with Crippen molar-refractivity contribution >= 4 is 6.09 Å². The van der Waals surface area contributed by atoms with E-state index in [4.69, 9.17) is 9.72 Å². The molecule has 180 valence electrons. The predicted octanol–water partition coefficient (Wildman–Crippen LogP) is 4.77. The van der Waals surface area contributed by atoms with Gasteiger partial charge in [0.25, 0.3) is 0 Å². The Morgan fingerprint density at radius 1 is 1.21 bits per heavy atom. The highest BCUT2D eigenvalue weighted by molar-refractivity contribution is 5.68. The normalized spacial score (nSPS) is 21.7. The number of likely N-dealkylation sites (tertiary alicyclic amines) is 2. The molecule has 0 saturated carbocycles. The standard InChI is InChI=1S/C25H34F2N4O2/c1-17-14-18(6-7-20(17)26)22-16-30(13-12-29-9-5-10-29)23(28-22)19-8-11-31(15-21(19)27)24(32)33-25(2,3)4/h6-7,14,16,19,21H,5,8-13,15H2,1-4H3/t19-,21+/m0/s1. The number of hydrogen-bond acceptors (Lipinski definition) is 4. The Balaban J connectivity index is 1.55. The molecule has 0 unspecified atom stereocenters. The fraction of sp³-hybridized carbons (Fsp3) is 0.600. The molecule has 2 atom stereocenters. The van der Waals surface area contributed by atoms with Gasteiger partial charge in [0.05, 0.1) is 18.2 Å². The Kier molecular flexibility index (Phi) is 6.75. The van der Waals surface area contributed by atoms with Crippen molar-refractivity contribution in [3.63, 3.8) is 0 Å². The summed E-state index contributed by atoms with van der Waals surface area (Å²) in [6.45, 7) is 11.3. The number of nitrogens with zero attached hydrogens (tertiary/aromatic N) is 4. The quantitative estimate of drug-likeness (QED) is 0.645. The zero-order valence-electron chi connectivity index (χ0n) is 20.0. The highest BCUT2D eigenvalue weighted by atomic mass is 19.1. The van der Waals surface area contributed by atoms with E-state index < -0.39 is 23.8 Å². The van der Waals surface area contributed by atoms with Gasteiger partial charge >= 0.3 is 6.09 Å². The van der Waals surface area contributed by atoms with Gasteiger partial charge < -0.3 is 19.1 Å². The zero-order chi connectivity index (χ0) is 23.8. The lowest BCUT2D eigenvalue weighted by molar-refractivity contribution is 0.0105. The van der Waals surface area contributed by atoms with Gasteiger partial charge in [-0.05, 0) is 77.4 Å². The van der Waals surface area contributed by atoms with Crippen LogP contribution in [0.15, 0.2) is 24.4 Å². The van der Waals surface area contributed by atoms with E-state index in [9.17, 15) is 9.18 Å². The fourth-order valence-electron chi connectivity index (χ4n) is 4.39. The van der Waals surface area contributed by atoms with Crippen LogP contribution in [0.5, 0.6) is 0 Å². The van der Waals surface area contributed by atoms with Crippen LogP contribution < -0.4 is 0 Å². The SMILES string of the molecule is Cc1cc(-c2cn(CCN3CCC3)c([C@H]3CCN(C(=O)OC(C)(C)C)C[C@H]3F)n2)ccc1F. The number of alkyl halides is 1. The molecule has 4 rings (SSSR count). The molecule has 2 saturated heterocycles. The summed E-state index contributed by atoms with van der Waals surface area (Å²) >= 11 is 0. The average molecular weight is 461 g/mol. The third-order valence-corrected chi connectivity index (χ3v) is 6.39. The lowest BCUT2D eigenvalue weighted by Gasteiger charge is -2.36. The molecule has 1 aromatic carbocycles. The molecule has 2 aromatic rings. The largest absolute Gasteiger partial charge is 0.444 e. The molecule has 0 bridgehead atoms. The molecule has 2 aliphatic rings. The van der Waals surface area contributed by atoms with Crippen LogP contribution in [0, 0.1) is 12.7 Å². The summed E-state index contributed by atoms with van der Waals surface area (Å²) in [5.74, 6) is 0.0359. The number of aryl methyl sites for hydroxylation is 1. The van der Waals surface area contributed by atoms with Crippen LogP contribution >= 0.6 is 0 Å². The molecular formula is C25H34F2N4O2. The zero-order valence-corrected chi connectivity index (χ0v) is 20.0. The van der Waals surface area contributed by atoms with Crippen molar-refractivity contribution in [1.82, 2.24) is 19.4 Å². The molecule has 1 amide bonds. The summed E-state index contributed by atoms with van der Waals surface area (Å²) in [5, 5.41) is 0. The smallest absolute Gasteiger partial charge is 0.410 e. The number of amides is 1. The Hall–Kier alpha value is -2.48. The predicted molar refractivity (Wildman–Crippen MR) is 123 cm³/mol. The number of halogens is 2. The Bertz CT molecular complexity index is 997. The second-order valence-corrected chi connectivity index (χ2v) is 10.2. The van der Waals surface area contributed by atoms with E-state index in [0.717, 1.165) is 37.4 Å². The third-order valence-electron chi connectivity index (χ3n) is 6.39. The van der Waals surface area contributed by atoms with Crippen molar-refractivity contribution in [2.75, 3.05) is 32.7 Å². The number of carbonyl (C=O) groups excluding carboxylic acids is 1. The lowest BCUT2D eigenvalue weighted by Crippen LogP contribution is -2.46. The minimum absolute atomic E-state index is 0.0104. The van der Waals surface area contributed by atoms with Gasteiger partial charge in [-0.2, -0.15) is 0 Å². The summed E-state index contributed by atoms with van der Waals surface area (Å²) < 4.78 is 36.6. The number of hydrogen-bond donors (Lipinski definition) is 0. The molecule has 3 heterocycles. The van der Waals surface area contributed by atoms with E-state index in [1.54, 1.807) is 39.8 Å². The fourth-order valence-corrected chi connectivity index (χ4v) is 4.39. The number of benzene rings is 1. The molecule has 8 heteroatoms. The van der Waals surface area contributed by atoms with E-state index >= 15 is 4.39 Å². The maximum Gasteiger partial charge on any atom is 0.410 e. The van der Waals surface area contributed by atoms with Gasteiger partial charge in [-0.25, -0.2) is 18.6 Å². The Morgan fingerprint density at radius 2 is 1.97 bits per heavy atom. The molecule has 0 radical (unpaired) electrons. The van der Waals surface area contributed by atoms with E-state index in [1.807, 2.05) is 10.8 Å². The van der Waals surface area contributed by atoms with Gasteiger partial charge in [0.15, 0.2) is 0 Å². The van der Waals surface area contributed by atoms with E-state index in [0.29, 0.717) is 24.4 Å². The number of imidazole rings is 1. The highest BCUT2D eigenvalue weighted by Crippen LogP contribution is 2.33. The van der Waals surface area contributed by atoms with Crippen molar-refractivity contribution in [3.8, 4) is 11.3 Å². The van der Waals surface area contributed by atoms with Crippen molar-refractivity contribution in [1.29, 1.82) is 0 Å². The summed E-state index contributed by atoms with van der Waals surface area (Å²) in [7, 11) is 0. The number of carbonyl (C=O) groups is 1. The van der Waals surface area contributed by atoms with Crippen LogP contribution in [0.3, 0.4) is 0 Å². The number of piperidine rings is 1. The van der Waals surface area contributed by atoms with Gasteiger partial charge in [0.2, 0.25) is 0 Å². The molecule has 0 N–H and O–H groups in total. The first-order valence-electron chi connectivity index (χ1n) is 11.8. The molecule has 0 spiro atoms. The van der Waals surface area contributed by atoms with Crippen LogP contribution in [0.4, 0.5) is 13.6 Å². The van der Waals surface area contributed by atoms with E-state index in [1.165, 1.54) is 17.4 Å². The molecular weight excluding hydrogens is 426 g/mol. The molecule has 0 aliphatic carbocycles. The molecule has 1 aromatic heterocycles. The Morgan fingerprint density at radius 3 is 2.58 bits per heavy atom. The van der Waals surface area contributed by atoms with Crippen LogP contribution in [0.25, 0.3) is 11.3 Å². The van der Waals surface area contributed by atoms with Crippen molar-refractivity contribution in [3.05, 3.63) is 41.6 Å². The maximum atomic E-state index is 15.4. The average Bonchev–Trinajstić information content (AvgIpc) is 3.11. The first-order chi connectivity index (χ1) is 15.6. The number of ether oxygens (including phenoxy) is 1. The van der Waals surface area contributed by atoms with Gasteiger partial charge in [-0.1, -0.05) is 0 Å². The van der Waals surface area contributed by atoms with Crippen molar-refractivity contribution in [2.45, 2.75) is 64.8 Å². The second kappa shape index (κ2) is 9.41. The Labute approximate surface area is 194 Å². The third kappa shape index (κ3) is 5.54. The summed E-state index contributed by atoms with van der Waals surface area (Å²) in [4.78, 5) is 21.1. The van der Waals surface area contributed by atoms with Gasteiger partial charge in [0.1, 0.15) is 23.4 Å². The first kappa shape index (κ1) is 23.7. The summed E-state index contributed by atoms with van der Waals surface area (Å²) in [5.41, 5.74) is 1.48. The van der Waals surface area contributed by atoms with Crippen molar-refractivity contribution < 1.29 is 18.3 Å². The highest BCUT2D eigenvalue weighted by Gasteiger charge is 2.37. The minimum atomic E-state index is -1.24. The van der Waals surface area contributed by atoms with Crippen LogP contribution in [0.2, 0.25) is 0 Å². The maximum absolute atomic E-state index is 15.4. The summed E-state index contributed by atoms with van der Waals surface area (Å²) in [6.07, 6.45) is 1.93. The lowest BCUT2D eigenvalue weighted by atomic mass is 9.94. The molecule has 2 fully saturated rings. The van der Waals surface area contributed by atoms with Crippen LogP contribution in [-0.4, -0.2) is 69.9 Å². The minimum Gasteiger partial charge on any atom is -0.444 e. The second-order valence-electron chi connectivity index (χ2n) is 10.2. The summed E-state index contributed by atoms with van der Waals surface area (Å²) in [6, 6.07) is 4.94. The van der Waals surface area contributed by atoms with Crippen LogP contribution in [0.1, 0.15) is 50.9 Å². The van der Waals surface area contributed by atoms with Gasteiger partial charge in [0, 0.05) is 31.4 Å². The number of rotatable bonds is 5. The molecule has 33 heavy (non-hydrogen) atoms.